The number of nitrogens with zero attached hydrogens (tertiary/aromatic N) is 1. The van der Waals surface area contributed by atoms with Crippen LogP contribution in [0.1, 0.15) is 13.3 Å². The SMILES string of the molecule is CCOC1OC(=O)CC1=N[P+](c1ccccc1)(c1ccccc1)c1ccccc1. The first kappa shape index (κ1) is 19.5. The van der Waals surface area contributed by atoms with Gasteiger partial charge in [-0.15, -0.1) is 4.76 Å². The van der Waals surface area contributed by atoms with Gasteiger partial charge in [-0.25, -0.2) is 0 Å². The number of benzene rings is 3. The summed E-state index contributed by atoms with van der Waals surface area (Å²) in [7, 11) is -2.41. The third-order valence-corrected chi connectivity index (χ3v) is 8.52. The van der Waals surface area contributed by atoms with Crippen LogP contribution in [0.2, 0.25) is 0 Å². The van der Waals surface area contributed by atoms with E-state index in [4.69, 9.17) is 14.2 Å². The van der Waals surface area contributed by atoms with Crippen molar-refractivity contribution < 1.29 is 14.3 Å². The molecular formula is C24H23NO3P+. The van der Waals surface area contributed by atoms with E-state index >= 15 is 0 Å². The highest BCUT2D eigenvalue weighted by Gasteiger charge is 2.48. The zero-order chi connectivity index (χ0) is 20.1. The maximum atomic E-state index is 12.1. The van der Waals surface area contributed by atoms with E-state index in [1.165, 1.54) is 0 Å². The van der Waals surface area contributed by atoms with Gasteiger partial charge in [0.2, 0.25) is 13.7 Å². The van der Waals surface area contributed by atoms with Gasteiger partial charge in [-0.05, 0) is 43.3 Å². The Morgan fingerprint density at radius 1 is 0.862 bits per heavy atom. The summed E-state index contributed by atoms with van der Waals surface area (Å²) in [6.07, 6.45) is -0.568. The minimum absolute atomic E-state index is 0.152. The zero-order valence-electron chi connectivity index (χ0n) is 16.3. The van der Waals surface area contributed by atoms with E-state index in [0.717, 1.165) is 15.9 Å². The minimum atomic E-state index is -2.41. The summed E-state index contributed by atoms with van der Waals surface area (Å²) in [5, 5.41) is 3.37. The number of hydrogen-bond acceptors (Lipinski definition) is 4. The van der Waals surface area contributed by atoms with Gasteiger partial charge in [-0.3, -0.25) is 4.79 Å². The molecule has 0 radical (unpaired) electrons. The topological polar surface area (TPSA) is 47.9 Å². The molecule has 1 aliphatic rings. The molecule has 0 amide bonds. The number of rotatable bonds is 6. The first-order valence-corrected chi connectivity index (χ1v) is 11.4. The number of cyclic esters (lactones) is 1. The second kappa shape index (κ2) is 8.69. The average Bonchev–Trinajstić information content (AvgIpc) is 3.12. The van der Waals surface area contributed by atoms with Crippen LogP contribution in [0.15, 0.2) is 95.8 Å². The lowest BCUT2D eigenvalue weighted by molar-refractivity contribution is -0.156. The van der Waals surface area contributed by atoms with Gasteiger partial charge in [-0.2, -0.15) is 0 Å². The Morgan fingerprint density at radius 3 is 1.72 bits per heavy atom. The van der Waals surface area contributed by atoms with Gasteiger partial charge in [-0.1, -0.05) is 54.6 Å². The van der Waals surface area contributed by atoms with Crippen molar-refractivity contribution in [3.8, 4) is 0 Å². The van der Waals surface area contributed by atoms with E-state index < -0.39 is 13.7 Å². The second-order valence-electron chi connectivity index (χ2n) is 6.69. The molecule has 0 saturated carbocycles. The smallest absolute Gasteiger partial charge is 0.314 e. The third kappa shape index (κ3) is 3.87. The number of ether oxygens (including phenoxy) is 2. The lowest BCUT2D eigenvalue weighted by atomic mass is 10.3. The van der Waals surface area contributed by atoms with Crippen LogP contribution < -0.4 is 15.9 Å². The average molecular weight is 404 g/mol. The molecule has 0 spiro atoms. The van der Waals surface area contributed by atoms with Crippen molar-refractivity contribution in [2.45, 2.75) is 19.6 Å². The number of esters is 1. The quantitative estimate of drug-likeness (QED) is 0.466. The van der Waals surface area contributed by atoms with Crippen molar-refractivity contribution in [2.75, 3.05) is 6.61 Å². The Hall–Kier alpha value is -2.81. The molecule has 1 unspecified atom stereocenters. The van der Waals surface area contributed by atoms with Gasteiger partial charge in [0.05, 0.1) is 6.42 Å². The third-order valence-electron chi connectivity index (χ3n) is 4.82. The summed E-state index contributed by atoms with van der Waals surface area (Å²) in [6.45, 7) is 2.34. The maximum absolute atomic E-state index is 12.1. The normalized spacial score (nSPS) is 18.0. The van der Waals surface area contributed by atoms with Crippen LogP contribution >= 0.6 is 7.41 Å². The van der Waals surface area contributed by atoms with Crippen molar-refractivity contribution >= 4 is 35.0 Å². The lowest BCUT2D eigenvalue weighted by Gasteiger charge is -2.23. The Labute approximate surface area is 171 Å². The summed E-state index contributed by atoms with van der Waals surface area (Å²) in [5.74, 6) is -0.297. The maximum Gasteiger partial charge on any atom is 0.314 e. The highest BCUT2D eigenvalue weighted by molar-refractivity contribution is 7.94. The first-order valence-electron chi connectivity index (χ1n) is 9.70. The minimum Gasteiger partial charge on any atom is -0.429 e. The molecule has 1 aliphatic heterocycles. The summed E-state index contributed by atoms with van der Waals surface area (Å²) in [6, 6.07) is 30.9. The standard InChI is InChI=1S/C24H23NO3P/c1-2-27-24-22(18-23(26)28-24)25-29(19-12-6-3-7-13-19,20-14-8-4-9-15-20)21-16-10-5-11-17-21/h3-17,24H,2,18H2,1H3/q+1. The Balaban J connectivity index is 2.01. The molecule has 4 nitrogen and oxygen atoms in total. The number of carbonyl (C=O) groups excluding carboxylic acids is 1. The summed E-state index contributed by atoms with van der Waals surface area (Å²) < 4.78 is 16.4. The van der Waals surface area contributed by atoms with Gasteiger partial charge < -0.3 is 9.47 Å². The van der Waals surface area contributed by atoms with Gasteiger partial charge in [0.25, 0.3) is 0 Å². The molecule has 4 rings (SSSR count). The molecule has 0 aromatic heterocycles. The van der Waals surface area contributed by atoms with Crippen LogP contribution in [-0.2, 0) is 14.3 Å². The van der Waals surface area contributed by atoms with Gasteiger partial charge in [0.1, 0.15) is 21.6 Å². The van der Waals surface area contributed by atoms with Crippen LogP contribution in [0.25, 0.3) is 0 Å². The van der Waals surface area contributed by atoms with Crippen molar-refractivity contribution in [3.05, 3.63) is 91.0 Å². The molecule has 1 saturated heterocycles. The van der Waals surface area contributed by atoms with Crippen molar-refractivity contribution in [3.63, 3.8) is 0 Å². The molecule has 1 heterocycles. The molecule has 3 aromatic rings. The molecule has 5 heteroatoms. The zero-order valence-corrected chi connectivity index (χ0v) is 17.2. The summed E-state index contributed by atoms with van der Waals surface area (Å²) in [4.78, 5) is 12.1. The second-order valence-corrected chi connectivity index (χ2v) is 9.71. The number of hydrogen-bond donors (Lipinski definition) is 0. The predicted octanol–water partition coefficient (Wildman–Crippen LogP) is 3.65. The predicted molar refractivity (Wildman–Crippen MR) is 119 cm³/mol. The highest BCUT2D eigenvalue weighted by atomic mass is 31.2. The van der Waals surface area contributed by atoms with Gasteiger partial charge in [0, 0.05) is 6.61 Å². The molecule has 0 aliphatic carbocycles. The number of carbonyl (C=O) groups is 1. The van der Waals surface area contributed by atoms with E-state index in [1.807, 2.05) is 61.5 Å². The van der Waals surface area contributed by atoms with Crippen LogP contribution in [0.5, 0.6) is 0 Å². The van der Waals surface area contributed by atoms with E-state index in [2.05, 4.69) is 36.4 Å². The molecule has 0 bridgehead atoms. The molecule has 3 aromatic carbocycles. The Bertz CT molecular complexity index is 894. The Morgan fingerprint density at radius 2 is 1.31 bits per heavy atom. The van der Waals surface area contributed by atoms with E-state index in [-0.39, 0.29) is 12.4 Å². The summed E-state index contributed by atoms with van der Waals surface area (Å²) in [5.41, 5.74) is 0.654. The molecule has 1 fully saturated rings. The molecule has 1 atom stereocenters. The van der Waals surface area contributed by atoms with Crippen LogP contribution in [0.4, 0.5) is 0 Å². The fourth-order valence-electron chi connectivity index (χ4n) is 3.57. The Kier molecular flexibility index (Phi) is 5.84. The first-order chi connectivity index (χ1) is 14.2. The van der Waals surface area contributed by atoms with E-state index in [1.54, 1.807) is 0 Å². The van der Waals surface area contributed by atoms with Crippen molar-refractivity contribution in [1.29, 1.82) is 0 Å². The monoisotopic (exact) mass is 404 g/mol. The fraction of sp³-hybridized carbons (Fsp3) is 0.167. The lowest BCUT2D eigenvalue weighted by Crippen LogP contribution is -2.32. The molecular weight excluding hydrogens is 381 g/mol. The van der Waals surface area contributed by atoms with Crippen LogP contribution in [0.3, 0.4) is 0 Å². The van der Waals surface area contributed by atoms with Crippen LogP contribution in [0, 0.1) is 0 Å². The molecule has 0 N–H and O–H groups in total. The molecule has 146 valence electrons. The van der Waals surface area contributed by atoms with Crippen molar-refractivity contribution in [1.82, 2.24) is 0 Å². The van der Waals surface area contributed by atoms with Crippen molar-refractivity contribution in [2.24, 2.45) is 4.76 Å². The fourth-order valence-corrected chi connectivity index (χ4v) is 7.17. The van der Waals surface area contributed by atoms with Gasteiger partial charge >= 0.3 is 5.97 Å². The molecule has 29 heavy (non-hydrogen) atoms. The van der Waals surface area contributed by atoms with E-state index in [0.29, 0.717) is 12.3 Å². The van der Waals surface area contributed by atoms with E-state index in [9.17, 15) is 4.79 Å². The largest absolute Gasteiger partial charge is 0.429 e. The highest BCUT2D eigenvalue weighted by Crippen LogP contribution is 2.57. The van der Waals surface area contributed by atoms with Gasteiger partial charge in [0.15, 0.2) is 0 Å². The van der Waals surface area contributed by atoms with Crippen LogP contribution in [-0.4, -0.2) is 24.6 Å². The summed E-state index contributed by atoms with van der Waals surface area (Å²) >= 11 is 0.